The molecule has 1 aromatic carbocycles. The van der Waals surface area contributed by atoms with E-state index in [1.807, 2.05) is 18.3 Å². The van der Waals surface area contributed by atoms with E-state index in [1.165, 1.54) is 18.4 Å². The van der Waals surface area contributed by atoms with Gasteiger partial charge in [-0.25, -0.2) is 4.98 Å². The zero-order valence-electron chi connectivity index (χ0n) is 11.5. The number of halogens is 1. The van der Waals surface area contributed by atoms with Crippen molar-refractivity contribution < 1.29 is 0 Å². The molecule has 0 aliphatic heterocycles. The number of fused-ring (bicyclic) bond motifs is 1. The van der Waals surface area contributed by atoms with Crippen LogP contribution in [0.15, 0.2) is 41.0 Å². The number of rotatable bonds is 3. The zero-order chi connectivity index (χ0) is 14.4. The molecule has 0 radical (unpaired) electrons. The van der Waals surface area contributed by atoms with Gasteiger partial charge in [0.2, 0.25) is 0 Å². The van der Waals surface area contributed by atoms with Crippen LogP contribution in [0, 0.1) is 0 Å². The molecular weight excluding hydrogens is 328 g/mol. The largest absolute Gasteiger partial charge is 0.326 e. The minimum atomic E-state index is 0.537. The monoisotopic (exact) mass is 342 g/mol. The third-order valence-corrected chi connectivity index (χ3v) is 4.51. The Morgan fingerprint density at radius 3 is 2.86 bits per heavy atom. The normalized spacial score (nSPS) is 14.8. The second-order valence-electron chi connectivity index (χ2n) is 5.40. The number of nitrogens with two attached hydrogens (primary N) is 1. The van der Waals surface area contributed by atoms with Crippen molar-refractivity contribution in [1.29, 1.82) is 0 Å². The van der Waals surface area contributed by atoms with Gasteiger partial charge in [-0.3, -0.25) is 4.98 Å². The highest BCUT2D eigenvalue weighted by atomic mass is 79.9. The zero-order valence-corrected chi connectivity index (χ0v) is 13.0. The Hall–Kier alpha value is -1.72. The predicted molar refractivity (Wildman–Crippen MR) is 86.8 cm³/mol. The molecule has 5 heteroatoms. The lowest BCUT2D eigenvalue weighted by molar-refractivity contribution is 0.772. The topological polar surface area (TPSA) is 56.7 Å². The summed E-state index contributed by atoms with van der Waals surface area (Å²) in [5.41, 5.74) is 9.91. The number of hydrogen-bond donors (Lipinski definition) is 1. The van der Waals surface area contributed by atoms with Gasteiger partial charge in [-0.15, -0.1) is 0 Å². The molecule has 0 saturated heterocycles. The van der Waals surface area contributed by atoms with Crippen LogP contribution in [0.4, 0.5) is 0 Å². The second kappa shape index (κ2) is 4.93. The molecule has 0 unspecified atom stereocenters. The Bertz CT molecular complexity index is 820. The van der Waals surface area contributed by atoms with Crippen LogP contribution in [0.25, 0.3) is 22.6 Å². The molecule has 2 N–H and O–H groups in total. The van der Waals surface area contributed by atoms with Crippen molar-refractivity contribution in [3.8, 4) is 11.5 Å². The quantitative estimate of drug-likeness (QED) is 0.790. The Morgan fingerprint density at radius 2 is 2.14 bits per heavy atom. The fraction of sp³-hybridized carbons (Fsp3) is 0.250. The maximum Gasteiger partial charge on any atom is 0.161 e. The van der Waals surface area contributed by atoms with Gasteiger partial charge in [0.25, 0.3) is 0 Å². The molecular formula is C16H15BrN4. The van der Waals surface area contributed by atoms with E-state index in [0.29, 0.717) is 12.6 Å². The summed E-state index contributed by atoms with van der Waals surface area (Å²) in [7, 11) is 0. The lowest BCUT2D eigenvalue weighted by atomic mass is 10.2. The van der Waals surface area contributed by atoms with E-state index in [-0.39, 0.29) is 0 Å². The van der Waals surface area contributed by atoms with Crippen LogP contribution in [0.2, 0.25) is 0 Å². The molecule has 21 heavy (non-hydrogen) atoms. The molecule has 0 amide bonds. The average Bonchev–Trinajstić information content (AvgIpc) is 3.27. The fourth-order valence-electron chi connectivity index (χ4n) is 2.69. The Balaban J connectivity index is 1.99. The van der Waals surface area contributed by atoms with Crippen LogP contribution >= 0.6 is 15.9 Å². The van der Waals surface area contributed by atoms with E-state index in [2.05, 4.69) is 43.7 Å². The first-order valence-electron chi connectivity index (χ1n) is 7.10. The van der Waals surface area contributed by atoms with Gasteiger partial charge >= 0.3 is 0 Å². The smallest absolute Gasteiger partial charge is 0.161 e. The highest BCUT2D eigenvalue weighted by molar-refractivity contribution is 9.10. The summed E-state index contributed by atoms with van der Waals surface area (Å²) in [4.78, 5) is 9.33. The van der Waals surface area contributed by atoms with E-state index >= 15 is 0 Å². The Kier molecular flexibility index (Phi) is 3.05. The highest BCUT2D eigenvalue weighted by Gasteiger charge is 2.29. The lowest BCUT2D eigenvalue weighted by Gasteiger charge is -2.08. The van der Waals surface area contributed by atoms with Crippen molar-refractivity contribution in [2.75, 3.05) is 0 Å². The summed E-state index contributed by atoms with van der Waals surface area (Å²) in [5, 5.41) is 0. The predicted octanol–water partition coefficient (Wildman–Crippen LogP) is 3.65. The van der Waals surface area contributed by atoms with Gasteiger partial charge in [-0.2, -0.15) is 0 Å². The summed E-state index contributed by atoms with van der Waals surface area (Å²) in [6.07, 6.45) is 4.23. The number of aromatic nitrogens is 3. The molecule has 1 aliphatic rings. The van der Waals surface area contributed by atoms with Crippen molar-refractivity contribution in [2.24, 2.45) is 5.73 Å². The molecule has 1 aliphatic carbocycles. The first-order valence-corrected chi connectivity index (χ1v) is 7.89. The third kappa shape index (κ3) is 2.17. The summed E-state index contributed by atoms with van der Waals surface area (Å²) in [6, 6.07) is 10.8. The molecule has 2 aromatic heterocycles. The molecule has 1 saturated carbocycles. The van der Waals surface area contributed by atoms with Gasteiger partial charge in [-0.1, -0.05) is 6.07 Å². The van der Waals surface area contributed by atoms with Crippen LogP contribution in [-0.4, -0.2) is 14.5 Å². The maximum atomic E-state index is 5.74. The van der Waals surface area contributed by atoms with Gasteiger partial charge in [-0.05, 0) is 58.6 Å². The van der Waals surface area contributed by atoms with Gasteiger partial charge < -0.3 is 10.3 Å². The van der Waals surface area contributed by atoms with Gasteiger partial charge in [0.1, 0.15) is 5.69 Å². The van der Waals surface area contributed by atoms with Crippen LogP contribution in [-0.2, 0) is 6.54 Å². The molecule has 0 spiro atoms. The molecule has 4 rings (SSSR count). The summed E-state index contributed by atoms with van der Waals surface area (Å²) in [5.74, 6) is 0.939. The first kappa shape index (κ1) is 13.0. The van der Waals surface area contributed by atoms with Crippen LogP contribution < -0.4 is 5.73 Å². The molecule has 106 valence electrons. The summed E-state index contributed by atoms with van der Waals surface area (Å²) in [6.45, 7) is 0.537. The van der Waals surface area contributed by atoms with Crippen LogP contribution in [0.1, 0.15) is 24.4 Å². The Morgan fingerprint density at radius 1 is 1.29 bits per heavy atom. The molecule has 0 atom stereocenters. The lowest BCUT2D eigenvalue weighted by Crippen LogP contribution is -1.99. The van der Waals surface area contributed by atoms with E-state index in [4.69, 9.17) is 10.7 Å². The number of benzene rings is 1. The maximum absolute atomic E-state index is 5.74. The van der Waals surface area contributed by atoms with Crippen molar-refractivity contribution in [3.05, 3.63) is 46.6 Å². The Labute approximate surface area is 131 Å². The number of hydrogen-bond acceptors (Lipinski definition) is 3. The second-order valence-corrected chi connectivity index (χ2v) is 6.25. The van der Waals surface area contributed by atoms with Gasteiger partial charge in [0.15, 0.2) is 5.82 Å². The van der Waals surface area contributed by atoms with Crippen molar-refractivity contribution in [2.45, 2.75) is 25.4 Å². The van der Waals surface area contributed by atoms with Crippen molar-refractivity contribution >= 4 is 27.0 Å². The average molecular weight is 343 g/mol. The van der Waals surface area contributed by atoms with E-state index in [0.717, 1.165) is 27.1 Å². The fourth-order valence-corrected chi connectivity index (χ4v) is 3.12. The molecule has 2 heterocycles. The number of imidazole rings is 1. The standard InChI is InChI=1S/C16H15BrN4/c17-12-2-1-7-19-15(12)16-20-13-8-10(9-18)3-6-14(13)21(16)11-4-5-11/h1-3,6-8,11H,4-5,9,18H2. The summed E-state index contributed by atoms with van der Waals surface area (Å²) >= 11 is 3.59. The molecule has 3 aromatic rings. The summed E-state index contributed by atoms with van der Waals surface area (Å²) < 4.78 is 3.30. The van der Waals surface area contributed by atoms with Crippen LogP contribution in [0.3, 0.4) is 0 Å². The SMILES string of the molecule is NCc1ccc2c(c1)nc(-c1ncccc1Br)n2C1CC1. The molecule has 0 bridgehead atoms. The van der Waals surface area contributed by atoms with Crippen LogP contribution in [0.5, 0.6) is 0 Å². The van der Waals surface area contributed by atoms with Crippen molar-refractivity contribution in [1.82, 2.24) is 14.5 Å². The number of nitrogens with zero attached hydrogens (tertiary/aromatic N) is 3. The van der Waals surface area contributed by atoms with E-state index in [9.17, 15) is 0 Å². The minimum Gasteiger partial charge on any atom is -0.326 e. The number of pyridine rings is 1. The van der Waals surface area contributed by atoms with Crippen molar-refractivity contribution in [3.63, 3.8) is 0 Å². The molecule has 4 nitrogen and oxygen atoms in total. The highest BCUT2D eigenvalue weighted by Crippen LogP contribution is 2.42. The van der Waals surface area contributed by atoms with Gasteiger partial charge in [0, 0.05) is 23.3 Å². The third-order valence-electron chi connectivity index (χ3n) is 3.87. The van der Waals surface area contributed by atoms with E-state index in [1.54, 1.807) is 0 Å². The minimum absolute atomic E-state index is 0.537. The molecule has 1 fully saturated rings. The van der Waals surface area contributed by atoms with Gasteiger partial charge in [0.05, 0.1) is 11.0 Å². The first-order chi connectivity index (χ1) is 10.3. The van der Waals surface area contributed by atoms with E-state index < -0.39 is 0 Å².